The van der Waals surface area contributed by atoms with E-state index in [1.54, 1.807) is 47.9 Å². The topological polar surface area (TPSA) is 168 Å². The van der Waals surface area contributed by atoms with Gasteiger partial charge in [-0.2, -0.15) is 0 Å². The monoisotopic (exact) mass is 664 g/mol. The molecule has 1 aliphatic rings. The zero-order valence-electron chi connectivity index (χ0n) is 25.0. The van der Waals surface area contributed by atoms with Crippen molar-refractivity contribution < 1.29 is 28.8 Å². The molecule has 2 aromatic carbocycles. The average molecular weight is 665 g/mol. The molecule has 15 heteroatoms. The molecule has 0 spiro atoms. The molecule has 0 saturated heterocycles. The lowest BCUT2D eigenvalue weighted by Crippen LogP contribution is -2.29. The maximum Gasteiger partial charge on any atom is 0.341 e. The molecule has 2 amide bonds. The molecule has 2 aromatic heterocycles. The molecule has 0 saturated carbocycles. The van der Waals surface area contributed by atoms with Crippen LogP contribution in [0.15, 0.2) is 59.8 Å². The van der Waals surface area contributed by atoms with Gasteiger partial charge in [0, 0.05) is 22.7 Å². The number of amides is 2. The fourth-order valence-electron chi connectivity index (χ4n) is 4.93. The third kappa shape index (κ3) is 8.09. The number of thioether (sulfide) groups is 1. The predicted octanol–water partition coefficient (Wildman–Crippen LogP) is 5.11. The maximum absolute atomic E-state index is 13.2. The number of carbonyl (C=O) groups excluding carboxylic acids is 3. The highest BCUT2D eigenvalue weighted by molar-refractivity contribution is 7.99. The molecular weight excluding hydrogens is 633 g/mol. The molecule has 2 heterocycles. The van der Waals surface area contributed by atoms with Gasteiger partial charge in [0.25, 0.3) is 11.6 Å². The Morgan fingerprint density at radius 3 is 2.52 bits per heavy atom. The summed E-state index contributed by atoms with van der Waals surface area (Å²) in [6, 6.07) is 14.7. The Morgan fingerprint density at radius 2 is 1.78 bits per heavy atom. The molecule has 1 aliphatic carbocycles. The Morgan fingerprint density at radius 1 is 1.02 bits per heavy atom. The summed E-state index contributed by atoms with van der Waals surface area (Å²) in [6.07, 6.45) is 4.71. The average Bonchev–Trinajstić information content (AvgIpc) is 3.54. The zero-order valence-corrected chi connectivity index (χ0v) is 26.7. The van der Waals surface area contributed by atoms with Gasteiger partial charge in [-0.15, -0.1) is 21.5 Å². The van der Waals surface area contributed by atoms with Crippen LogP contribution in [0.25, 0.3) is 5.69 Å². The number of fused-ring (bicyclic) bond motifs is 1. The van der Waals surface area contributed by atoms with Crippen LogP contribution in [-0.4, -0.2) is 56.4 Å². The van der Waals surface area contributed by atoms with Gasteiger partial charge in [-0.25, -0.2) is 4.79 Å². The summed E-state index contributed by atoms with van der Waals surface area (Å²) in [5.74, 6) is -0.343. The maximum atomic E-state index is 13.2. The van der Waals surface area contributed by atoms with E-state index in [1.165, 1.54) is 23.5 Å². The van der Waals surface area contributed by atoms with Gasteiger partial charge in [-0.05, 0) is 62.4 Å². The summed E-state index contributed by atoms with van der Waals surface area (Å²) < 4.78 is 12.4. The summed E-state index contributed by atoms with van der Waals surface area (Å²) in [4.78, 5) is 50.4. The van der Waals surface area contributed by atoms with Crippen LogP contribution >= 0.6 is 23.1 Å². The predicted molar refractivity (Wildman–Crippen MR) is 173 cm³/mol. The number of thiophene rings is 1. The molecule has 46 heavy (non-hydrogen) atoms. The summed E-state index contributed by atoms with van der Waals surface area (Å²) >= 11 is 2.52. The van der Waals surface area contributed by atoms with E-state index in [0.29, 0.717) is 33.0 Å². The highest BCUT2D eigenvalue weighted by atomic mass is 32.2. The van der Waals surface area contributed by atoms with E-state index in [0.717, 1.165) is 54.3 Å². The van der Waals surface area contributed by atoms with Gasteiger partial charge in [-0.3, -0.25) is 24.3 Å². The first kappa shape index (κ1) is 32.6. The first-order valence-corrected chi connectivity index (χ1v) is 16.5. The second-order valence-corrected chi connectivity index (χ2v) is 12.3. The summed E-state index contributed by atoms with van der Waals surface area (Å²) in [5.41, 5.74) is 1.81. The number of rotatable bonds is 13. The highest BCUT2D eigenvalue weighted by Crippen LogP contribution is 2.38. The minimum atomic E-state index is -0.501. The van der Waals surface area contributed by atoms with Crippen molar-refractivity contribution in [2.75, 3.05) is 24.3 Å². The number of nitro groups is 1. The first-order chi connectivity index (χ1) is 22.3. The Bertz CT molecular complexity index is 1710. The van der Waals surface area contributed by atoms with E-state index < -0.39 is 10.9 Å². The number of carbonyl (C=O) groups is 3. The van der Waals surface area contributed by atoms with E-state index in [2.05, 4.69) is 20.8 Å². The van der Waals surface area contributed by atoms with Crippen LogP contribution in [0.5, 0.6) is 5.75 Å². The van der Waals surface area contributed by atoms with E-state index in [-0.39, 0.29) is 43.0 Å². The van der Waals surface area contributed by atoms with E-state index in [4.69, 9.17) is 9.47 Å². The van der Waals surface area contributed by atoms with Crippen molar-refractivity contribution in [3.8, 4) is 11.4 Å². The van der Waals surface area contributed by atoms with E-state index >= 15 is 0 Å². The van der Waals surface area contributed by atoms with Crippen LogP contribution in [0, 0.1) is 10.1 Å². The zero-order chi connectivity index (χ0) is 32.5. The number of non-ortho nitro benzene ring substituents is 1. The van der Waals surface area contributed by atoms with Crippen molar-refractivity contribution >= 4 is 51.6 Å². The number of benzene rings is 2. The molecule has 0 bridgehead atoms. The number of esters is 1. The van der Waals surface area contributed by atoms with Gasteiger partial charge in [0.2, 0.25) is 5.91 Å². The van der Waals surface area contributed by atoms with Crippen molar-refractivity contribution in [3.63, 3.8) is 0 Å². The largest absolute Gasteiger partial charge is 0.484 e. The Labute approximate surface area is 272 Å². The number of hydrogen-bond acceptors (Lipinski definition) is 11. The molecule has 13 nitrogen and oxygen atoms in total. The van der Waals surface area contributed by atoms with Gasteiger partial charge < -0.3 is 20.1 Å². The number of anilines is 1. The van der Waals surface area contributed by atoms with Crippen LogP contribution in [0.3, 0.4) is 0 Å². The molecule has 5 rings (SSSR count). The smallest absolute Gasteiger partial charge is 0.341 e. The van der Waals surface area contributed by atoms with Crippen LogP contribution < -0.4 is 15.4 Å². The minimum absolute atomic E-state index is 0.0165. The Kier molecular flexibility index (Phi) is 11.0. The molecular formula is C31H32N6O7S2. The Balaban J connectivity index is 1.31. The third-order valence-corrected chi connectivity index (χ3v) is 9.20. The normalized spacial score (nSPS) is 12.5. The number of aromatic nitrogens is 3. The lowest BCUT2D eigenvalue weighted by Gasteiger charge is -2.12. The number of nitrogens with one attached hydrogen (secondary N) is 2. The van der Waals surface area contributed by atoms with Gasteiger partial charge in [0.1, 0.15) is 10.8 Å². The molecule has 2 N–H and O–H groups in total. The van der Waals surface area contributed by atoms with E-state index in [9.17, 15) is 24.5 Å². The van der Waals surface area contributed by atoms with E-state index in [1.807, 2.05) is 6.07 Å². The number of aryl methyl sites for hydroxylation is 1. The van der Waals surface area contributed by atoms with Crippen molar-refractivity contribution in [1.82, 2.24) is 20.1 Å². The second-order valence-electron chi connectivity index (χ2n) is 10.2. The molecule has 0 radical (unpaired) electrons. The van der Waals surface area contributed by atoms with Gasteiger partial charge in [-0.1, -0.05) is 36.4 Å². The molecule has 0 atom stereocenters. The van der Waals surface area contributed by atoms with Crippen LogP contribution in [0.1, 0.15) is 52.8 Å². The fraction of sp³-hybridized carbons (Fsp3) is 0.323. The van der Waals surface area contributed by atoms with Crippen molar-refractivity contribution in [2.24, 2.45) is 0 Å². The van der Waals surface area contributed by atoms with Gasteiger partial charge in [0.15, 0.2) is 17.6 Å². The van der Waals surface area contributed by atoms with Crippen LogP contribution in [0.2, 0.25) is 0 Å². The molecule has 0 unspecified atom stereocenters. The molecule has 240 valence electrons. The second kappa shape index (κ2) is 15.5. The minimum Gasteiger partial charge on any atom is -0.484 e. The quantitative estimate of drug-likeness (QED) is 0.0645. The van der Waals surface area contributed by atoms with Gasteiger partial charge in [0.05, 0.1) is 29.4 Å². The first-order valence-electron chi connectivity index (χ1n) is 14.7. The molecule has 4 aromatic rings. The number of hydrogen-bond donors (Lipinski definition) is 2. The molecule has 0 fully saturated rings. The lowest BCUT2D eigenvalue weighted by atomic mass is 10.1. The number of nitro benzene ring substituents is 1. The fourth-order valence-corrected chi connectivity index (χ4v) is 6.99. The number of para-hydroxylation sites is 1. The van der Waals surface area contributed by atoms with Crippen molar-refractivity contribution in [3.05, 3.63) is 86.5 Å². The number of nitrogens with zero attached hydrogens (tertiary/aromatic N) is 4. The van der Waals surface area contributed by atoms with Crippen LogP contribution in [0.4, 0.5) is 10.7 Å². The number of ether oxygens (including phenoxy) is 2. The summed E-state index contributed by atoms with van der Waals surface area (Å²) in [5, 5.41) is 26.2. The van der Waals surface area contributed by atoms with Crippen molar-refractivity contribution in [2.45, 2.75) is 50.7 Å². The third-order valence-electron chi connectivity index (χ3n) is 7.06. The summed E-state index contributed by atoms with van der Waals surface area (Å²) in [6.45, 7) is 1.75. The molecule has 0 aliphatic heterocycles. The standard InChI is InChI=1S/C31H32N6O7S2/c1-2-43-30(40)28-23-11-7-4-8-12-24(23)46-29(28)33-27(39)19-45-31-35-34-25(36(31)20-13-15-21(16-14-20)37(41)42)17-32-26(38)18-44-22-9-5-3-6-10-22/h3,5-6,9-10,13-16H,2,4,7-8,11-12,17-19H2,1H3,(H,32,38)(H,33,39). The highest BCUT2D eigenvalue weighted by Gasteiger charge is 2.27. The Hall–Kier alpha value is -4.76. The van der Waals surface area contributed by atoms with Crippen LogP contribution in [-0.2, 0) is 33.7 Å². The summed E-state index contributed by atoms with van der Waals surface area (Å²) in [7, 11) is 0. The van der Waals surface area contributed by atoms with Gasteiger partial charge >= 0.3 is 5.97 Å². The van der Waals surface area contributed by atoms with Crippen molar-refractivity contribution in [1.29, 1.82) is 0 Å². The SMILES string of the molecule is CCOC(=O)c1c(NC(=O)CSc2nnc(CNC(=O)COc3ccccc3)n2-c2ccc([N+](=O)[O-])cc2)sc2c1CCCCC2. The lowest BCUT2D eigenvalue weighted by molar-refractivity contribution is -0.384.